The van der Waals surface area contributed by atoms with Gasteiger partial charge in [-0.15, -0.1) is 0 Å². The first-order valence-electron chi connectivity index (χ1n) is 6.26. The third-order valence-electron chi connectivity index (χ3n) is 3.06. The first-order chi connectivity index (χ1) is 9.06. The number of hydrogen-bond acceptors (Lipinski definition) is 2. The first-order valence-corrected chi connectivity index (χ1v) is 7.05. The highest BCUT2D eigenvalue weighted by Crippen LogP contribution is 2.27. The van der Waals surface area contributed by atoms with Gasteiger partial charge in [-0.2, -0.15) is 5.10 Å². The summed E-state index contributed by atoms with van der Waals surface area (Å²) in [5.41, 5.74) is 1.77. The number of nitrogens with zero attached hydrogens (tertiary/aromatic N) is 2. The van der Waals surface area contributed by atoms with Crippen LogP contribution in [0.15, 0.2) is 28.7 Å². The van der Waals surface area contributed by atoms with Crippen LogP contribution < -0.4 is 0 Å². The summed E-state index contributed by atoms with van der Waals surface area (Å²) in [6, 6.07) is 6.38. The van der Waals surface area contributed by atoms with Gasteiger partial charge in [-0.25, -0.2) is 4.39 Å². The molecule has 102 valence electrons. The second kappa shape index (κ2) is 5.84. The van der Waals surface area contributed by atoms with Crippen LogP contribution in [0.5, 0.6) is 0 Å². The number of aryl methyl sites for hydroxylation is 2. The molecular weight excluding hydrogens is 311 g/mol. The van der Waals surface area contributed by atoms with E-state index in [1.165, 1.54) is 6.07 Å². The fraction of sp³-hybridized carbons (Fsp3) is 0.357. The highest BCUT2D eigenvalue weighted by Gasteiger charge is 2.20. The van der Waals surface area contributed by atoms with Gasteiger partial charge in [-0.05, 0) is 37.6 Å². The molecule has 0 aliphatic heterocycles. The van der Waals surface area contributed by atoms with Crippen LogP contribution in [0.25, 0.3) is 0 Å². The normalized spacial score (nSPS) is 12.7. The Balaban J connectivity index is 2.45. The van der Waals surface area contributed by atoms with Crippen LogP contribution in [0, 0.1) is 5.82 Å². The van der Waals surface area contributed by atoms with E-state index in [1.54, 1.807) is 16.8 Å². The molecule has 1 atom stereocenters. The van der Waals surface area contributed by atoms with Gasteiger partial charge in [0.15, 0.2) is 0 Å². The Labute approximate surface area is 120 Å². The maximum atomic E-state index is 13.8. The number of hydrogen-bond donors (Lipinski definition) is 1. The minimum absolute atomic E-state index is 0.256. The summed E-state index contributed by atoms with van der Waals surface area (Å²) < 4.78 is 16.3. The van der Waals surface area contributed by atoms with Gasteiger partial charge in [-0.1, -0.05) is 22.9 Å². The number of aliphatic hydroxyl groups is 1. The maximum Gasteiger partial charge on any atom is 0.129 e. The van der Waals surface area contributed by atoms with Gasteiger partial charge < -0.3 is 5.11 Å². The Morgan fingerprint density at radius 3 is 2.74 bits per heavy atom. The number of benzene rings is 1. The summed E-state index contributed by atoms with van der Waals surface area (Å²) in [7, 11) is 0. The summed E-state index contributed by atoms with van der Waals surface area (Å²) in [4.78, 5) is 0. The maximum absolute atomic E-state index is 13.8. The molecule has 0 saturated carbocycles. The second-order valence-corrected chi connectivity index (χ2v) is 5.21. The van der Waals surface area contributed by atoms with E-state index < -0.39 is 11.9 Å². The smallest absolute Gasteiger partial charge is 0.129 e. The van der Waals surface area contributed by atoms with E-state index in [9.17, 15) is 9.50 Å². The Hall–Kier alpha value is -1.20. The molecule has 19 heavy (non-hydrogen) atoms. The fourth-order valence-electron chi connectivity index (χ4n) is 2.02. The molecule has 1 aromatic heterocycles. The molecule has 2 aromatic rings. The average Bonchev–Trinajstić information content (AvgIpc) is 2.84. The molecule has 1 aromatic carbocycles. The molecule has 0 bridgehead atoms. The van der Waals surface area contributed by atoms with Crippen LogP contribution in [0.2, 0.25) is 0 Å². The van der Waals surface area contributed by atoms with E-state index in [-0.39, 0.29) is 5.56 Å². The molecule has 1 unspecified atom stereocenters. The third-order valence-corrected chi connectivity index (χ3v) is 3.55. The molecule has 0 saturated heterocycles. The minimum atomic E-state index is -1.01. The molecule has 3 nitrogen and oxygen atoms in total. The zero-order chi connectivity index (χ0) is 14.0. The van der Waals surface area contributed by atoms with Crippen molar-refractivity contribution in [1.29, 1.82) is 0 Å². The van der Waals surface area contributed by atoms with Crippen LogP contribution in [-0.2, 0) is 13.0 Å². The summed E-state index contributed by atoms with van der Waals surface area (Å²) in [6.45, 7) is 4.58. The van der Waals surface area contributed by atoms with Gasteiger partial charge in [0, 0.05) is 16.6 Å². The van der Waals surface area contributed by atoms with Crippen molar-refractivity contribution in [1.82, 2.24) is 9.78 Å². The lowest BCUT2D eigenvalue weighted by Crippen LogP contribution is -2.10. The zero-order valence-corrected chi connectivity index (χ0v) is 12.5. The van der Waals surface area contributed by atoms with Gasteiger partial charge in [0.25, 0.3) is 0 Å². The molecule has 1 N–H and O–H groups in total. The van der Waals surface area contributed by atoms with Crippen LogP contribution in [0.3, 0.4) is 0 Å². The number of aliphatic hydroxyl groups excluding tert-OH is 1. The van der Waals surface area contributed by atoms with Crippen LogP contribution in [0.1, 0.15) is 36.9 Å². The van der Waals surface area contributed by atoms with E-state index in [4.69, 9.17) is 0 Å². The molecule has 2 rings (SSSR count). The van der Waals surface area contributed by atoms with E-state index in [2.05, 4.69) is 21.0 Å². The molecule has 0 amide bonds. The van der Waals surface area contributed by atoms with E-state index >= 15 is 0 Å². The van der Waals surface area contributed by atoms with Gasteiger partial charge in [0.1, 0.15) is 11.9 Å². The average molecular weight is 327 g/mol. The molecular formula is C14H16BrFN2O. The first kappa shape index (κ1) is 14.2. The number of aromatic nitrogens is 2. The number of halogens is 2. The van der Waals surface area contributed by atoms with E-state index in [0.29, 0.717) is 12.2 Å². The second-order valence-electron chi connectivity index (χ2n) is 4.30. The SMILES string of the molecule is CCc1cc(C(O)c2cc(Br)ccc2F)n(CC)n1. The van der Waals surface area contributed by atoms with Crippen molar-refractivity contribution in [2.45, 2.75) is 32.9 Å². The highest BCUT2D eigenvalue weighted by atomic mass is 79.9. The summed E-state index contributed by atoms with van der Waals surface area (Å²) in [6.07, 6.45) is -0.224. The molecule has 0 fully saturated rings. The molecule has 0 aliphatic rings. The van der Waals surface area contributed by atoms with Crippen LogP contribution >= 0.6 is 15.9 Å². The monoisotopic (exact) mass is 326 g/mol. The van der Waals surface area contributed by atoms with Crippen molar-refractivity contribution in [2.75, 3.05) is 0 Å². The van der Waals surface area contributed by atoms with E-state index in [0.717, 1.165) is 16.6 Å². The minimum Gasteiger partial charge on any atom is -0.382 e. The lowest BCUT2D eigenvalue weighted by atomic mass is 10.1. The summed E-state index contributed by atoms with van der Waals surface area (Å²) in [5, 5.41) is 14.8. The Morgan fingerprint density at radius 2 is 2.11 bits per heavy atom. The molecule has 0 radical (unpaired) electrons. The predicted octanol–water partition coefficient (Wildman–Crippen LogP) is 3.45. The Kier molecular flexibility index (Phi) is 4.37. The Bertz CT molecular complexity index is 583. The van der Waals surface area contributed by atoms with Gasteiger partial charge in [0.2, 0.25) is 0 Å². The molecule has 1 heterocycles. The molecule has 5 heteroatoms. The van der Waals surface area contributed by atoms with Gasteiger partial charge in [-0.3, -0.25) is 4.68 Å². The van der Waals surface area contributed by atoms with Gasteiger partial charge >= 0.3 is 0 Å². The van der Waals surface area contributed by atoms with Crippen molar-refractivity contribution < 1.29 is 9.50 Å². The van der Waals surface area contributed by atoms with Gasteiger partial charge in [0.05, 0.1) is 11.4 Å². The summed E-state index contributed by atoms with van der Waals surface area (Å²) >= 11 is 3.29. The van der Waals surface area contributed by atoms with Crippen molar-refractivity contribution in [2.24, 2.45) is 0 Å². The fourth-order valence-corrected chi connectivity index (χ4v) is 2.40. The van der Waals surface area contributed by atoms with Crippen LogP contribution in [0.4, 0.5) is 4.39 Å². The summed E-state index contributed by atoms with van der Waals surface area (Å²) in [5.74, 6) is -0.419. The standard InChI is InChI=1S/C14H16BrFN2O/c1-3-10-8-13(18(4-2)17-10)14(19)11-7-9(15)5-6-12(11)16/h5-8,14,19H,3-4H2,1-2H3. The lowest BCUT2D eigenvalue weighted by molar-refractivity contribution is 0.203. The zero-order valence-electron chi connectivity index (χ0n) is 10.9. The van der Waals surface area contributed by atoms with Crippen molar-refractivity contribution in [3.05, 3.63) is 51.5 Å². The van der Waals surface area contributed by atoms with Crippen LogP contribution in [-0.4, -0.2) is 14.9 Å². The van der Waals surface area contributed by atoms with Crippen molar-refractivity contribution in [3.8, 4) is 0 Å². The predicted molar refractivity (Wildman–Crippen MR) is 75.4 cm³/mol. The third kappa shape index (κ3) is 2.87. The lowest BCUT2D eigenvalue weighted by Gasteiger charge is -2.13. The highest BCUT2D eigenvalue weighted by molar-refractivity contribution is 9.10. The van der Waals surface area contributed by atoms with E-state index in [1.807, 2.05) is 19.9 Å². The van der Waals surface area contributed by atoms with Crippen molar-refractivity contribution >= 4 is 15.9 Å². The van der Waals surface area contributed by atoms with Crippen molar-refractivity contribution in [3.63, 3.8) is 0 Å². The quantitative estimate of drug-likeness (QED) is 0.934. The molecule has 0 spiro atoms. The largest absolute Gasteiger partial charge is 0.382 e. The topological polar surface area (TPSA) is 38.0 Å². The molecule has 0 aliphatic carbocycles. The Morgan fingerprint density at radius 1 is 1.37 bits per heavy atom. The number of rotatable bonds is 4.